The molecule has 2 rings (SSSR count). The Hall–Kier alpha value is -0.670. The average molecular weight is 242 g/mol. The maximum Gasteiger partial charge on any atom is 0.123 e. The Morgan fingerprint density at radius 3 is 2.42 bits per heavy atom. The zero-order valence-corrected chi connectivity index (χ0v) is 8.83. The van der Waals surface area contributed by atoms with Gasteiger partial charge in [-0.05, 0) is 0 Å². The summed E-state index contributed by atoms with van der Waals surface area (Å²) in [5.41, 5.74) is 1.20. The molecule has 1 aromatic carbocycles. The SMILES string of the molecule is Br.c1ccc(-c2nccs2)cc1. The lowest BCUT2D eigenvalue weighted by Gasteiger charge is -1.91. The fourth-order valence-corrected chi connectivity index (χ4v) is 1.59. The highest BCUT2D eigenvalue weighted by molar-refractivity contribution is 8.93. The van der Waals surface area contributed by atoms with Gasteiger partial charge in [0.15, 0.2) is 0 Å². The molecular formula is C9H8BrNS. The molecule has 0 amide bonds. The Bertz CT molecular complexity index is 318. The lowest BCUT2D eigenvalue weighted by atomic mass is 10.2. The van der Waals surface area contributed by atoms with Crippen LogP contribution in [0.3, 0.4) is 0 Å². The highest BCUT2D eigenvalue weighted by atomic mass is 79.9. The maximum absolute atomic E-state index is 4.20. The second kappa shape index (κ2) is 4.38. The van der Waals surface area contributed by atoms with Gasteiger partial charge in [-0.1, -0.05) is 30.3 Å². The van der Waals surface area contributed by atoms with Crippen molar-refractivity contribution < 1.29 is 0 Å². The molecule has 0 saturated carbocycles. The van der Waals surface area contributed by atoms with Gasteiger partial charge in [-0.2, -0.15) is 0 Å². The number of aromatic nitrogens is 1. The molecule has 0 unspecified atom stereocenters. The molecule has 0 spiro atoms. The van der Waals surface area contributed by atoms with Gasteiger partial charge in [0.2, 0.25) is 0 Å². The van der Waals surface area contributed by atoms with E-state index < -0.39 is 0 Å². The summed E-state index contributed by atoms with van der Waals surface area (Å²) >= 11 is 1.66. The first-order chi connectivity index (χ1) is 5.47. The van der Waals surface area contributed by atoms with Gasteiger partial charge in [0.1, 0.15) is 5.01 Å². The summed E-state index contributed by atoms with van der Waals surface area (Å²) in [7, 11) is 0. The van der Waals surface area contributed by atoms with Crippen LogP contribution in [0.4, 0.5) is 0 Å². The smallest absolute Gasteiger partial charge is 0.123 e. The van der Waals surface area contributed by atoms with Gasteiger partial charge in [-0.3, -0.25) is 0 Å². The van der Waals surface area contributed by atoms with Crippen LogP contribution < -0.4 is 0 Å². The normalized spacial score (nSPS) is 9.00. The molecule has 0 atom stereocenters. The largest absolute Gasteiger partial charge is 0.245 e. The third-order valence-corrected chi connectivity index (χ3v) is 2.28. The maximum atomic E-state index is 4.20. The van der Waals surface area contributed by atoms with Crippen molar-refractivity contribution >= 4 is 28.3 Å². The molecule has 1 nitrogen and oxygen atoms in total. The van der Waals surface area contributed by atoms with Gasteiger partial charge in [-0.25, -0.2) is 4.98 Å². The first-order valence-electron chi connectivity index (χ1n) is 3.42. The summed E-state index contributed by atoms with van der Waals surface area (Å²) in [4.78, 5) is 4.20. The van der Waals surface area contributed by atoms with Crippen LogP contribution >= 0.6 is 28.3 Å². The fraction of sp³-hybridized carbons (Fsp3) is 0. The van der Waals surface area contributed by atoms with Gasteiger partial charge < -0.3 is 0 Å². The number of rotatable bonds is 1. The van der Waals surface area contributed by atoms with Crippen LogP contribution in [0, 0.1) is 0 Å². The molecule has 0 aliphatic heterocycles. The van der Waals surface area contributed by atoms with E-state index in [0.29, 0.717) is 0 Å². The summed E-state index contributed by atoms with van der Waals surface area (Å²) in [6.07, 6.45) is 1.83. The molecule has 3 heteroatoms. The summed E-state index contributed by atoms with van der Waals surface area (Å²) in [6.45, 7) is 0. The van der Waals surface area contributed by atoms with Crippen molar-refractivity contribution in [2.24, 2.45) is 0 Å². The molecule has 62 valence electrons. The number of halogens is 1. The lowest BCUT2D eigenvalue weighted by Crippen LogP contribution is -1.71. The number of nitrogens with zero attached hydrogens (tertiary/aromatic N) is 1. The Kier molecular flexibility index (Phi) is 3.44. The highest BCUT2D eigenvalue weighted by Gasteiger charge is 1.95. The van der Waals surface area contributed by atoms with Gasteiger partial charge in [0, 0.05) is 17.1 Å². The van der Waals surface area contributed by atoms with Crippen LogP contribution in [0.15, 0.2) is 41.9 Å². The summed E-state index contributed by atoms with van der Waals surface area (Å²) in [5, 5.41) is 3.08. The molecule has 0 N–H and O–H groups in total. The number of benzene rings is 1. The lowest BCUT2D eigenvalue weighted by molar-refractivity contribution is 1.41. The monoisotopic (exact) mass is 241 g/mol. The van der Waals surface area contributed by atoms with Gasteiger partial charge in [0.25, 0.3) is 0 Å². The van der Waals surface area contributed by atoms with E-state index in [0.717, 1.165) is 5.01 Å². The van der Waals surface area contributed by atoms with E-state index >= 15 is 0 Å². The van der Waals surface area contributed by atoms with Gasteiger partial charge in [-0.15, -0.1) is 28.3 Å². The summed E-state index contributed by atoms with van der Waals surface area (Å²) in [6, 6.07) is 10.2. The number of hydrogen-bond acceptors (Lipinski definition) is 2. The van der Waals surface area contributed by atoms with E-state index in [-0.39, 0.29) is 17.0 Å². The van der Waals surface area contributed by atoms with E-state index in [1.54, 1.807) is 11.3 Å². The van der Waals surface area contributed by atoms with E-state index in [1.165, 1.54) is 5.56 Å². The first-order valence-corrected chi connectivity index (χ1v) is 4.30. The molecule has 2 aromatic rings. The van der Waals surface area contributed by atoms with Crippen molar-refractivity contribution in [1.82, 2.24) is 4.98 Å². The summed E-state index contributed by atoms with van der Waals surface area (Å²) < 4.78 is 0. The van der Waals surface area contributed by atoms with E-state index in [2.05, 4.69) is 17.1 Å². The molecular weight excluding hydrogens is 234 g/mol. The third-order valence-electron chi connectivity index (χ3n) is 1.45. The highest BCUT2D eigenvalue weighted by Crippen LogP contribution is 2.20. The van der Waals surface area contributed by atoms with Crippen molar-refractivity contribution in [2.45, 2.75) is 0 Å². The quantitative estimate of drug-likeness (QED) is 0.746. The van der Waals surface area contributed by atoms with Crippen LogP contribution in [-0.2, 0) is 0 Å². The predicted molar refractivity (Wildman–Crippen MR) is 57.9 cm³/mol. The van der Waals surface area contributed by atoms with Crippen molar-refractivity contribution in [3.8, 4) is 10.6 Å². The minimum Gasteiger partial charge on any atom is -0.245 e. The zero-order valence-electron chi connectivity index (χ0n) is 6.31. The topological polar surface area (TPSA) is 12.9 Å². The van der Waals surface area contributed by atoms with Crippen molar-refractivity contribution in [2.75, 3.05) is 0 Å². The van der Waals surface area contributed by atoms with E-state index in [9.17, 15) is 0 Å². The third kappa shape index (κ3) is 1.93. The zero-order chi connectivity index (χ0) is 7.52. The average Bonchev–Trinajstić information content (AvgIpc) is 2.58. The van der Waals surface area contributed by atoms with Crippen LogP contribution in [0.2, 0.25) is 0 Å². The van der Waals surface area contributed by atoms with Crippen LogP contribution in [-0.4, -0.2) is 4.98 Å². The second-order valence-electron chi connectivity index (χ2n) is 2.20. The van der Waals surface area contributed by atoms with Crippen LogP contribution in [0.25, 0.3) is 10.6 Å². The van der Waals surface area contributed by atoms with Crippen molar-refractivity contribution in [3.63, 3.8) is 0 Å². The Balaban J connectivity index is 0.000000720. The molecule has 1 aromatic heterocycles. The standard InChI is InChI=1S/C9H7NS.BrH/c1-2-4-8(5-3-1)9-10-6-7-11-9;/h1-7H;1H. The first kappa shape index (κ1) is 9.42. The number of thiazole rings is 1. The Morgan fingerprint density at radius 2 is 1.83 bits per heavy atom. The predicted octanol–water partition coefficient (Wildman–Crippen LogP) is 3.39. The number of hydrogen-bond donors (Lipinski definition) is 0. The van der Waals surface area contributed by atoms with E-state index in [4.69, 9.17) is 0 Å². The minimum absolute atomic E-state index is 0. The van der Waals surface area contributed by atoms with Crippen molar-refractivity contribution in [1.29, 1.82) is 0 Å². The molecule has 0 bridgehead atoms. The second-order valence-corrected chi connectivity index (χ2v) is 3.10. The van der Waals surface area contributed by atoms with E-state index in [1.807, 2.05) is 29.8 Å². The Morgan fingerprint density at radius 1 is 1.08 bits per heavy atom. The molecule has 0 aliphatic carbocycles. The molecule has 0 aliphatic rings. The fourth-order valence-electron chi connectivity index (χ4n) is 0.947. The van der Waals surface area contributed by atoms with Crippen LogP contribution in [0.5, 0.6) is 0 Å². The Labute approximate surface area is 85.9 Å². The summed E-state index contributed by atoms with van der Waals surface area (Å²) in [5.74, 6) is 0. The molecule has 0 radical (unpaired) electrons. The van der Waals surface area contributed by atoms with Gasteiger partial charge >= 0.3 is 0 Å². The minimum atomic E-state index is 0. The van der Waals surface area contributed by atoms with Crippen LogP contribution in [0.1, 0.15) is 0 Å². The molecule has 1 heterocycles. The van der Waals surface area contributed by atoms with Gasteiger partial charge in [0.05, 0.1) is 0 Å². The molecule has 12 heavy (non-hydrogen) atoms. The molecule has 0 fully saturated rings. The molecule has 0 saturated heterocycles. The van der Waals surface area contributed by atoms with Crippen molar-refractivity contribution in [3.05, 3.63) is 41.9 Å².